The number of amides is 2. The average molecular weight is 437 g/mol. The number of fused-ring (bicyclic) bond motifs is 1. The molecule has 3 heterocycles. The topological polar surface area (TPSA) is 195 Å². The molecule has 13 nitrogen and oxygen atoms in total. The highest BCUT2D eigenvalue weighted by atomic mass is 32.2. The first-order chi connectivity index (χ1) is 14.1. The third kappa shape index (κ3) is 3.94. The van der Waals surface area contributed by atoms with Crippen molar-refractivity contribution < 1.29 is 19.5 Å². The largest absolute Gasteiger partial charge is 0.477 e. The Bertz CT molecular complexity index is 912. The van der Waals surface area contributed by atoms with Crippen molar-refractivity contribution in [3.05, 3.63) is 16.9 Å². The molecule has 2 amide bonds. The highest BCUT2D eigenvalue weighted by Crippen LogP contribution is 2.51. The number of aromatic nitrogens is 4. The summed E-state index contributed by atoms with van der Waals surface area (Å²) < 4.78 is 1.26. The molecule has 5 atom stereocenters. The van der Waals surface area contributed by atoms with Gasteiger partial charge in [-0.15, -0.1) is 16.9 Å². The van der Waals surface area contributed by atoms with Crippen LogP contribution in [0.4, 0.5) is 0 Å². The van der Waals surface area contributed by atoms with Crippen molar-refractivity contribution in [3.8, 4) is 0 Å². The van der Waals surface area contributed by atoms with E-state index in [9.17, 15) is 19.5 Å². The Kier molecular flexibility index (Phi) is 5.96. The minimum Gasteiger partial charge on any atom is -0.477 e. The fourth-order valence-electron chi connectivity index (χ4n) is 3.91. The third-order valence-corrected chi connectivity index (χ3v) is 6.31. The first-order valence-corrected chi connectivity index (χ1v) is 10.1. The van der Waals surface area contributed by atoms with Gasteiger partial charge in [-0.3, -0.25) is 9.59 Å². The second-order valence-corrected chi connectivity index (χ2v) is 8.52. The average Bonchev–Trinajstić information content (AvgIpc) is 3.20. The number of β-lactam (4-membered cyclic amide) rings is 1. The van der Waals surface area contributed by atoms with E-state index in [0.717, 1.165) is 0 Å². The molecule has 0 aliphatic carbocycles. The van der Waals surface area contributed by atoms with E-state index >= 15 is 0 Å². The lowest BCUT2D eigenvalue weighted by Crippen LogP contribution is -2.66. The summed E-state index contributed by atoms with van der Waals surface area (Å²) in [5, 5.41) is 22.6. The van der Waals surface area contributed by atoms with Gasteiger partial charge in [0.05, 0.1) is 12.0 Å². The number of guanidine groups is 1. The van der Waals surface area contributed by atoms with Gasteiger partial charge in [0.15, 0.2) is 5.96 Å². The van der Waals surface area contributed by atoms with Crippen molar-refractivity contribution >= 4 is 35.5 Å². The number of carboxylic acid groups (broad SMARTS) is 1. The summed E-state index contributed by atoms with van der Waals surface area (Å²) in [6, 6.07) is -0.874. The predicted molar refractivity (Wildman–Crippen MR) is 106 cm³/mol. The minimum atomic E-state index is -1.19. The SMILES string of the molecule is CC(N=C(N)N)SC1=C(C(=O)O)N2C(=O)[C@H]([C@@H](C)NC(=O)Cn3cnnn3)[C@H]2[C@H]1C. The number of carbonyl (C=O) groups is 3. The number of hydrogen-bond acceptors (Lipinski definition) is 8. The molecule has 0 saturated carbocycles. The summed E-state index contributed by atoms with van der Waals surface area (Å²) in [6.07, 6.45) is 1.31. The zero-order chi connectivity index (χ0) is 22.2. The molecular weight excluding hydrogens is 414 g/mol. The molecule has 2 aliphatic heterocycles. The van der Waals surface area contributed by atoms with Crippen molar-refractivity contribution in [1.82, 2.24) is 30.4 Å². The van der Waals surface area contributed by atoms with E-state index in [1.807, 2.05) is 6.92 Å². The van der Waals surface area contributed by atoms with Crippen molar-refractivity contribution in [2.24, 2.45) is 28.3 Å². The van der Waals surface area contributed by atoms with E-state index in [-0.39, 0.29) is 42.0 Å². The van der Waals surface area contributed by atoms with E-state index in [2.05, 4.69) is 25.8 Å². The van der Waals surface area contributed by atoms with Gasteiger partial charge in [-0.25, -0.2) is 14.5 Å². The Morgan fingerprint density at radius 3 is 2.67 bits per heavy atom. The van der Waals surface area contributed by atoms with Crippen molar-refractivity contribution in [1.29, 1.82) is 0 Å². The smallest absolute Gasteiger partial charge is 0.353 e. The number of carboxylic acids is 1. The van der Waals surface area contributed by atoms with E-state index < -0.39 is 23.3 Å². The molecule has 1 unspecified atom stereocenters. The van der Waals surface area contributed by atoms with Crippen LogP contribution in [0, 0.1) is 11.8 Å². The van der Waals surface area contributed by atoms with Gasteiger partial charge < -0.3 is 26.8 Å². The van der Waals surface area contributed by atoms with Crippen LogP contribution in [0.5, 0.6) is 0 Å². The number of carbonyl (C=O) groups excluding carboxylic acids is 2. The normalized spacial score (nSPS) is 24.7. The molecule has 1 aromatic heterocycles. The number of thioether (sulfide) groups is 1. The first kappa shape index (κ1) is 21.5. The summed E-state index contributed by atoms with van der Waals surface area (Å²) in [7, 11) is 0. The molecule has 1 aromatic rings. The molecule has 14 heteroatoms. The van der Waals surface area contributed by atoms with E-state index in [0.29, 0.717) is 4.91 Å². The molecule has 1 fully saturated rings. The highest BCUT2D eigenvalue weighted by Gasteiger charge is 2.60. The number of nitrogens with zero attached hydrogens (tertiary/aromatic N) is 6. The second-order valence-electron chi connectivity index (χ2n) is 7.17. The van der Waals surface area contributed by atoms with Gasteiger partial charge in [-0.2, -0.15) is 0 Å². The summed E-state index contributed by atoms with van der Waals surface area (Å²) in [6.45, 7) is 5.23. The molecule has 0 aromatic carbocycles. The standard InChI is InChI=1S/C16H23N9O4S/c1-6-11-10(7(2)20-9(26)4-24-5-19-22-23-24)14(27)25(11)12(15(28)29)13(6)30-8(3)21-16(17)18/h5-8,10-11H,4H2,1-3H3,(H,20,26)(H,28,29)(H4,17,18,21)/t6-,7-,8?,10-,11-/m1/s1. The van der Waals surface area contributed by atoms with E-state index in [1.165, 1.54) is 27.7 Å². The van der Waals surface area contributed by atoms with Gasteiger partial charge in [-0.05, 0) is 24.3 Å². The zero-order valence-corrected chi connectivity index (χ0v) is 17.4. The molecule has 2 aliphatic rings. The van der Waals surface area contributed by atoms with Crippen LogP contribution < -0.4 is 16.8 Å². The number of hydrogen-bond donors (Lipinski definition) is 4. The first-order valence-electron chi connectivity index (χ1n) is 9.17. The second kappa shape index (κ2) is 8.30. The Labute approximate surface area is 175 Å². The lowest BCUT2D eigenvalue weighted by Gasteiger charge is -2.47. The molecule has 0 radical (unpaired) electrons. The van der Waals surface area contributed by atoms with E-state index in [4.69, 9.17) is 11.5 Å². The van der Waals surface area contributed by atoms with Gasteiger partial charge in [0.25, 0.3) is 0 Å². The van der Waals surface area contributed by atoms with Crippen molar-refractivity contribution in [3.63, 3.8) is 0 Å². The third-order valence-electron chi connectivity index (χ3n) is 5.04. The molecule has 6 N–H and O–H groups in total. The van der Waals surface area contributed by atoms with Crippen LogP contribution in [0.2, 0.25) is 0 Å². The maximum Gasteiger partial charge on any atom is 0.353 e. The summed E-state index contributed by atoms with van der Waals surface area (Å²) in [4.78, 5) is 42.8. The number of nitrogens with one attached hydrogen (secondary N) is 1. The van der Waals surface area contributed by atoms with Crippen LogP contribution in [-0.2, 0) is 20.9 Å². The number of aliphatic imine (C=N–C) groups is 1. The molecule has 3 rings (SSSR count). The molecule has 162 valence electrons. The summed E-state index contributed by atoms with van der Waals surface area (Å²) in [5.74, 6) is -2.79. The Balaban J connectivity index is 1.74. The zero-order valence-electron chi connectivity index (χ0n) is 16.6. The van der Waals surface area contributed by atoms with Crippen molar-refractivity contribution in [2.45, 2.75) is 44.8 Å². The number of nitrogens with two attached hydrogens (primary N) is 2. The molecular formula is C16H23N9O4S. The summed E-state index contributed by atoms with van der Waals surface area (Å²) >= 11 is 1.20. The maximum absolute atomic E-state index is 12.8. The maximum atomic E-state index is 12.8. The molecule has 1 saturated heterocycles. The Morgan fingerprint density at radius 1 is 1.40 bits per heavy atom. The van der Waals surface area contributed by atoms with Gasteiger partial charge in [0.1, 0.15) is 23.9 Å². The van der Waals surface area contributed by atoms with Crippen LogP contribution in [0.3, 0.4) is 0 Å². The van der Waals surface area contributed by atoms with Crippen LogP contribution in [0.1, 0.15) is 20.8 Å². The predicted octanol–water partition coefficient (Wildman–Crippen LogP) is -1.70. The fraction of sp³-hybridized carbons (Fsp3) is 0.562. The number of rotatable bonds is 8. The molecule has 0 spiro atoms. The molecule has 0 bridgehead atoms. The van der Waals surface area contributed by atoms with Crippen LogP contribution >= 0.6 is 11.8 Å². The van der Waals surface area contributed by atoms with Gasteiger partial charge in [0, 0.05) is 16.9 Å². The monoisotopic (exact) mass is 437 g/mol. The quantitative estimate of drug-likeness (QED) is 0.207. The minimum absolute atomic E-state index is 0.0522. The van der Waals surface area contributed by atoms with Crippen molar-refractivity contribution in [2.75, 3.05) is 0 Å². The van der Waals surface area contributed by atoms with Crippen LogP contribution in [0.25, 0.3) is 0 Å². The summed E-state index contributed by atoms with van der Waals surface area (Å²) in [5.41, 5.74) is 10.8. The van der Waals surface area contributed by atoms with Gasteiger partial charge in [-0.1, -0.05) is 6.92 Å². The van der Waals surface area contributed by atoms with E-state index in [1.54, 1.807) is 13.8 Å². The van der Waals surface area contributed by atoms with Gasteiger partial charge >= 0.3 is 5.97 Å². The lowest BCUT2D eigenvalue weighted by atomic mass is 9.78. The van der Waals surface area contributed by atoms with Crippen LogP contribution in [-0.4, -0.2) is 71.4 Å². The van der Waals surface area contributed by atoms with Crippen LogP contribution in [0.15, 0.2) is 21.9 Å². The Morgan fingerprint density at radius 2 is 2.10 bits per heavy atom. The fourth-order valence-corrected chi connectivity index (χ4v) is 5.10. The number of aliphatic carboxylic acids is 1. The highest BCUT2D eigenvalue weighted by molar-refractivity contribution is 8.03. The lowest BCUT2D eigenvalue weighted by molar-refractivity contribution is -0.158. The van der Waals surface area contributed by atoms with Gasteiger partial charge in [0.2, 0.25) is 11.8 Å². The Hall–Kier alpha value is -3.16. The number of tetrazole rings is 1. The molecule has 30 heavy (non-hydrogen) atoms.